The average Bonchev–Trinajstić information content (AvgIpc) is 2.19. The third kappa shape index (κ3) is 1390. The van der Waals surface area contributed by atoms with E-state index in [1.807, 2.05) is 0 Å². The minimum Gasteiger partial charge on any atom is -1.00 e. The molecule has 42 N–H and O–H groups in total. The molecule has 38 heavy (non-hydrogen) atoms. The largest absolute Gasteiger partial charge is 3.00 e. The molecule has 32 heteroatoms. The van der Waals surface area contributed by atoms with Gasteiger partial charge in [-0.3, -0.25) is 0 Å². The molecule has 0 saturated carbocycles. The molecule has 0 aromatic rings. The number of nitrogens with two attached hydrogens (primary N) is 3. The van der Waals surface area contributed by atoms with Gasteiger partial charge in [-0.25, -0.2) is 0 Å². The van der Waals surface area contributed by atoms with Crippen molar-refractivity contribution in [1.29, 1.82) is 0 Å². The van der Waals surface area contributed by atoms with Crippen molar-refractivity contribution in [2.24, 2.45) is 17.2 Å². The Labute approximate surface area is 254 Å². The van der Waals surface area contributed by atoms with Crippen molar-refractivity contribution in [2.45, 2.75) is 0 Å². The number of carboxylic acid groups (broad SMARTS) is 3. The van der Waals surface area contributed by atoms with Crippen molar-refractivity contribution in [3.63, 3.8) is 0 Å². The molecular formula is C6H48Al2Cl3N3O24. The van der Waals surface area contributed by atoms with Crippen LogP contribution in [0.2, 0.25) is 0 Å². The molecule has 0 amide bonds. The van der Waals surface area contributed by atoms with E-state index in [0.717, 1.165) is 0 Å². The molecule has 0 heterocycles. The van der Waals surface area contributed by atoms with Crippen LogP contribution < -0.4 is 69.7 Å². The maximum absolute atomic E-state index is 9.13. The zero-order valence-electron chi connectivity index (χ0n) is 19.1. The maximum atomic E-state index is 9.13. The Kier molecular flexibility index (Phi) is 3450. The smallest absolute Gasteiger partial charge is 1.00 e. The molecule has 0 radical (unpaired) electrons. The Balaban J connectivity index is -0.00000000182. The first-order valence-electron chi connectivity index (χ1n) is 3.51. The van der Waals surface area contributed by atoms with E-state index in [2.05, 4.69) is 17.2 Å². The number of carboxylic acids is 3. The molecule has 0 atom stereocenters. The third-order valence-electron chi connectivity index (χ3n) is 0.500. The summed E-state index contributed by atoms with van der Waals surface area (Å²) in [5.41, 5.74) is 13.5. The van der Waals surface area contributed by atoms with Gasteiger partial charge in [-0.2, -0.15) is 0 Å². The zero-order valence-corrected chi connectivity index (χ0v) is 23.7. The molecule has 0 rings (SSSR count). The van der Waals surface area contributed by atoms with Crippen LogP contribution in [0, 0.1) is 0 Å². The molecule has 27 nitrogen and oxygen atoms in total. The number of carbonyl (C=O) groups is 3. The standard InChI is InChI=1S/3C2H5NO2.2Al.3ClH.18H2O/c3*3-1-2(4)5;;;;;;;;;;;;;;;;;;;;;;;/h3*1,3H2,(H,4,5);;;3*1H;18*1H2/q;;;2*+3;;;;;;;;;;;;;;;;;;;;;/p-6. The molecule has 0 bridgehead atoms. The van der Waals surface area contributed by atoms with Crippen LogP contribution in [0.1, 0.15) is 0 Å². The van der Waals surface area contributed by atoms with Gasteiger partial charge < -0.3 is 183 Å². The predicted octanol–water partition coefficient (Wildman–Crippen LogP) is -31.5. The fraction of sp³-hybridized carbons (Fsp3) is 0.500. The monoisotopic (exact) mass is 705 g/mol. The van der Waals surface area contributed by atoms with Crippen molar-refractivity contribution < 1.29 is 165 Å². The summed E-state index contributed by atoms with van der Waals surface area (Å²) in [6, 6.07) is 0. The Bertz CT molecular complexity index is 202. The molecule has 0 spiro atoms. The first-order chi connectivity index (χ1) is 6.81. The van der Waals surface area contributed by atoms with Crippen LogP contribution >= 0.6 is 0 Å². The molecule has 0 saturated heterocycles. The van der Waals surface area contributed by atoms with Gasteiger partial charge in [0.25, 0.3) is 0 Å². The molecule has 0 fully saturated rings. The Hall–Kier alpha value is -0.495. The molecule has 0 unspecified atom stereocenters. The summed E-state index contributed by atoms with van der Waals surface area (Å²) in [4.78, 5) is 27.4. The van der Waals surface area contributed by atoms with E-state index in [-0.39, 0.29) is 190 Å². The van der Waals surface area contributed by atoms with Crippen LogP contribution in [-0.4, -0.2) is 171 Å². The Morgan fingerprint density at radius 1 is 0.342 bits per heavy atom. The molecule has 0 aliphatic carbocycles. The first kappa shape index (κ1) is 378. The van der Waals surface area contributed by atoms with Gasteiger partial charge in [-0.05, 0) is 0 Å². The van der Waals surface area contributed by atoms with Crippen LogP contribution in [0.5, 0.6) is 0 Å². The molecule has 0 aromatic heterocycles. The van der Waals surface area contributed by atoms with E-state index >= 15 is 0 Å². The fourth-order valence-corrected chi connectivity index (χ4v) is 0. The van der Waals surface area contributed by atoms with Crippen LogP contribution in [0.25, 0.3) is 0 Å². The van der Waals surface area contributed by atoms with Gasteiger partial charge in [0.15, 0.2) is 0 Å². The summed E-state index contributed by atoms with van der Waals surface area (Å²) in [6.45, 7) is -1.17. The third-order valence-corrected chi connectivity index (χ3v) is 0.500. The van der Waals surface area contributed by atoms with E-state index in [9.17, 15) is 0 Å². The van der Waals surface area contributed by atoms with Crippen molar-refractivity contribution >= 4 is 52.6 Å². The van der Waals surface area contributed by atoms with E-state index in [0.29, 0.717) is 0 Å². The van der Waals surface area contributed by atoms with Gasteiger partial charge in [0.05, 0.1) is 17.9 Å². The number of halogens is 3. The van der Waals surface area contributed by atoms with Crippen molar-refractivity contribution in [3.8, 4) is 0 Å². The van der Waals surface area contributed by atoms with Gasteiger partial charge >= 0.3 is 34.7 Å². The molecule has 0 aliphatic heterocycles. The summed E-state index contributed by atoms with van der Waals surface area (Å²) in [7, 11) is 0. The van der Waals surface area contributed by atoms with Crippen molar-refractivity contribution in [2.75, 3.05) is 19.6 Å². The van der Waals surface area contributed by atoms with Crippen molar-refractivity contribution in [3.05, 3.63) is 0 Å². The van der Waals surface area contributed by atoms with Crippen LogP contribution in [0.15, 0.2) is 0 Å². The van der Waals surface area contributed by atoms with Gasteiger partial charge in [-0.15, -0.1) is 0 Å². The Morgan fingerprint density at radius 2 is 0.368 bits per heavy atom. The van der Waals surface area contributed by atoms with Gasteiger partial charge in [0, 0.05) is 19.6 Å². The number of rotatable bonds is 3. The second-order valence-electron chi connectivity index (χ2n) is 1.73. The summed E-state index contributed by atoms with van der Waals surface area (Å²) < 4.78 is 0. The number of aliphatic carboxylic acids is 3. The minimum atomic E-state index is -1.22. The number of hydrogen-bond acceptors (Lipinski definition) is 9. The molecular weight excluding hydrogens is 658 g/mol. The summed E-state index contributed by atoms with van der Waals surface area (Å²) in [5.74, 6) is -3.65. The van der Waals surface area contributed by atoms with E-state index in [1.54, 1.807) is 0 Å². The molecule has 0 aliphatic rings. The van der Waals surface area contributed by atoms with E-state index in [4.69, 9.17) is 29.7 Å². The Morgan fingerprint density at radius 3 is 0.368 bits per heavy atom. The van der Waals surface area contributed by atoms with E-state index in [1.165, 1.54) is 0 Å². The average molecular weight is 707 g/mol. The predicted molar refractivity (Wildman–Crippen MR) is 119 cm³/mol. The van der Waals surface area contributed by atoms with Crippen LogP contribution in [-0.2, 0) is 14.4 Å². The summed E-state index contributed by atoms with van der Waals surface area (Å²) >= 11 is 0. The quantitative estimate of drug-likeness (QED) is 0.234. The number of carbonyl (C=O) groups excluding carboxylic acids is 3. The summed E-state index contributed by atoms with van der Waals surface area (Å²) in [5, 5.41) is 27.4. The first-order valence-corrected chi connectivity index (χ1v) is 3.51. The SMILES string of the molecule is NCC(=O)[O-].NCC(=O)[O-].NCC(=O)[O-].O.O.O.O.O.O.O.O.O.O.O.O.O.O.O.O.O.O.[Al+3].[Al+3].[Cl-].[Cl-].[Cl-]. The van der Waals surface area contributed by atoms with E-state index < -0.39 is 17.9 Å². The van der Waals surface area contributed by atoms with Crippen LogP contribution in [0.4, 0.5) is 0 Å². The topological polar surface area (TPSA) is 765 Å². The maximum Gasteiger partial charge on any atom is 3.00 e. The molecule has 258 valence electrons. The van der Waals surface area contributed by atoms with Gasteiger partial charge in [-0.1, -0.05) is 0 Å². The summed E-state index contributed by atoms with van der Waals surface area (Å²) in [6.07, 6.45) is 0. The second kappa shape index (κ2) is 348. The van der Waals surface area contributed by atoms with Crippen molar-refractivity contribution in [1.82, 2.24) is 0 Å². The fourth-order valence-electron chi connectivity index (χ4n) is 0. The van der Waals surface area contributed by atoms with Crippen LogP contribution in [0.3, 0.4) is 0 Å². The number of hydrogen-bond donors (Lipinski definition) is 3. The molecule has 0 aromatic carbocycles. The second-order valence-corrected chi connectivity index (χ2v) is 1.73. The van der Waals surface area contributed by atoms with Gasteiger partial charge in [0.2, 0.25) is 0 Å². The minimum absolute atomic E-state index is 0. The zero-order chi connectivity index (χ0) is 12.9. The normalized spacial score (nSPS) is 2.92. The van der Waals surface area contributed by atoms with Gasteiger partial charge in [0.1, 0.15) is 0 Å².